The smallest absolute Gasteiger partial charge is 0.337 e. The lowest BCUT2D eigenvalue weighted by Crippen LogP contribution is -2.26. The zero-order valence-electron chi connectivity index (χ0n) is 14.6. The standard InChI is InChI=1S/C21H23NO3/c1-3-7-19(17-8-5-4-6-9-17)22-20(23)15-12-16-10-13-18(14-11-16)21(24)25-2/h4-6,8-15,19H,3,7H2,1-2H3,(H,22,23)/b15-12+/t19-/m1/s1. The van der Waals surface area contributed by atoms with Crippen LogP contribution in [0.3, 0.4) is 0 Å². The van der Waals surface area contributed by atoms with E-state index in [1.807, 2.05) is 30.3 Å². The Morgan fingerprint density at radius 3 is 2.36 bits per heavy atom. The number of benzene rings is 2. The number of esters is 1. The first-order chi connectivity index (χ1) is 12.1. The number of methoxy groups -OCH3 is 1. The Balaban J connectivity index is 2.00. The molecule has 2 rings (SSSR count). The zero-order valence-corrected chi connectivity index (χ0v) is 14.6. The molecule has 0 radical (unpaired) electrons. The second-order valence-corrected chi connectivity index (χ2v) is 5.71. The van der Waals surface area contributed by atoms with Gasteiger partial charge in [0.1, 0.15) is 0 Å². The van der Waals surface area contributed by atoms with Crippen molar-refractivity contribution >= 4 is 18.0 Å². The van der Waals surface area contributed by atoms with Crippen LogP contribution in [-0.4, -0.2) is 19.0 Å². The summed E-state index contributed by atoms with van der Waals surface area (Å²) in [5, 5.41) is 3.04. The minimum Gasteiger partial charge on any atom is -0.465 e. The van der Waals surface area contributed by atoms with E-state index in [1.54, 1.807) is 30.3 Å². The minimum atomic E-state index is -0.376. The number of hydrogen-bond donors (Lipinski definition) is 1. The maximum absolute atomic E-state index is 12.2. The van der Waals surface area contributed by atoms with Gasteiger partial charge in [0, 0.05) is 6.08 Å². The van der Waals surface area contributed by atoms with Crippen molar-refractivity contribution in [2.45, 2.75) is 25.8 Å². The Morgan fingerprint density at radius 1 is 1.08 bits per heavy atom. The van der Waals surface area contributed by atoms with Gasteiger partial charge in [-0.15, -0.1) is 0 Å². The van der Waals surface area contributed by atoms with Gasteiger partial charge in [0.15, 0.2) is 0 Å². The average molecular weight is 337 g/mol. The summed E-state index contributed by atoms with van der Waals surface area (Å²) in [6.07, 6.45) is 5.11. The van der Waals surface area contributed by atoms with E-state index in [9.17, 15) is 9.59 Å². The van der Waals surface area contributed by atoms with E-state index in [4.69, 9.17) is 0 Å². The summed E-state index contributed by atoms with van der Waals surface area (Å²) in [6, 6.07) is 16.9. The molecule has 0 aromatic heterocycles. The Morgan fingerprint density at radius 2 is 1.76 bits per heavy atom. The van der Waals surface area contributed by atoms with Crippen LogP contribution >= 0.6 is 0 Å². The molecule has 0 heterocycles. The van der Waals surface area contributed by atoms with E-state index < -0.39 is 0 Å². The van der Waals surface area contributed by atoms with E-state index >= 15 is 0 Å². The van der Waals surface area contributed by atoms with Crippen LogP contribution in [0, 0.1) is 0 Å². The molecule has 130 valence electrons. The number of carbonyl (C=O) groups excluding carboxylic acids is 2. The largest absolute Gasteiger partial charge is 0.465 e. The van der Waals surface area contributed by atoms with Gasteiger partial charge in [-0.05, 0) is 35.8 Å². The van der Waals surface area contributed by atoms with Crippen LogP contribution in [0.15, 0.2) is 60.7 Å². The van der Waals surface area contributed by atoms with Gasteiger partial charge in [0.25, 0.3) is 0 Å². The van der Waals surface area contributed by atoms with Crippen LogP contribution in [0.1, 0.15) is 47.3 Å². The highest BCUT2D eigenvalue weighted by atomic mass is 16.5. The van der Waals surface area contributed by atoms with Gasteiger partial charge in [-0.2, -0.15) is 0 Å². The fourth-order valence-electron chi connectivity index (χ4n) is 2.54. The molecule has 2 aromatic rings. The Bertz CT molecular complexity index is 721. The van der Waals surface area contributed by atoms with Gasteiger partial charge in [-0.1, -0.05) is 55.8 Å². The number of hydrogen-bond acceptors (Lipinski definition) is 3. The van der Waals surface area contributed by atoms with Crippen LogP contribution in [0.2, 0.25) is 0 Å². The molecule has 0 aliphatic carbocycles. The zero-order chi connectivity index (χ0) is 18.1. The Hall–Kier alpha value is -2.88. The predicted molar refractivity (Wildman–Crippen MR) is 99.0 cm³/mol. The quantitative estimate of drug-likeness (QED) is 0.610. The third kappa shape index (κ3) is 5.60. The summed E-state index contributed by atoms with van der Waals surface area (Å²) in [5.74, 6) is -0.516. The fraction of sp³-hybridized carbons (Fsp3) is 0.238. The maximum atomic E-state index is 12.2. The predicted octanol–water partition coefficient (Wildman–Crippen LogP) is 4.14. The third-order valence-electron chi connectivity index (χ3n) is 3.85. The normalized spacial score (nSPS) is 11.9. The van der Waals surface area contributed by atoms with Gasteiger partial charge in [-0.3, -0.25) is 4.79 Å². The third-order valence-corrected chi connectivity index (χ3v) is 3.85. The molecule has 0 aliphatic heterocycles. The highest BCUT2D eigenvalue weighted by Crippen LogP contribution is 2.18. The molecular formula is C21H23NO3. The maximum Gasteiger partial charge on any atom is 0.337 e. The van der Waals surface area contributed by atoms with Gasteiger partial charge in [0.05, 0.1) is 18.7 Å². The summed E-state index contributed by atoms with van der Waals surface area (Å²) < 4.78 is 4.66. The molecule has 2 aromatic carbocycles. The first-order valence-electron chi connectivity index (χ1n) is 8.36. The molecule has 1 atom stereocenters. The minimum absolute atomic E-state index is 0.00468. The van der Waals surface area contributed by atoms with Crippen molar-refractivity contribution in [1.82, 2.24) is 5.32 Å². The van der Waals surface area contributed by atoms with E-state index in [-0.39, 0.29) is 17.9 Å². The number of nitrogens with one attached hydrogen (secondary N) is 1. The van der Waals surface area contributed by atoms with Gasteiger partial charge in [0.2, 0.25) is 5.91 Å². The molecule has 0 spiro atoms. The molecule has 4 nitrogen and oxygen atoms in total. The van der Waals surface area contributed by atoms with Crippen LogP contribution in [0.4, 0.5) is 0 Å². The molecule has 1 N–H and O–H groups in total. The van der Waals surface area contributed by atoms with Crippen LogP contribution in [0.5, 0.6) is 0 Å². The second kappa shape index (κ2) is 9.42. The Labute approximate surface area is 148 Å². The van der Waals surface area contributed by atoms with E-state index in [2.05, 4.69) is 17.0 Å². The van der Waals surface area contributed by atoms with Crippen molar-refractivity contribution in [1.29, 1.82) is 0 Å². The number of carbonyl (C=O) groups is 2. The van der Waals surface area contributed by atoms with Crippen molar-refractivity contribution in [2.75, 3.05) is 7.11 Å². The second-order valence-electron chi connectivity index (χ2n) is 5.71. The lowest BCUT2D eigenvalue weighted by Gasteiger charge is -2.17. The molecule has 4 heteroatoms. The number of amides is 1. The monoisotopic (exact) mass is 337 g/mol. The summed E-state index contributed by atoms with van der Waals surface area (Å²) in [6.45, 7) is 2.10. The molecule has 0 fully saturated rings. The molecule has 0 saturated heterocycles. The van der Waals surface area contributed by atoms with Crippen molar-refractivity contribution in [3.8, 4) is 0 Å². The molecule has 0 aliphatic rings. The van der Waals surface area contributed by atoms with Crippen LogP contribution in [-0.2, 0) is 9.53 Å². The van der Waals surface area contributed by atoms with Crippen LogP contribution < -0.4 is 5.32 Å². The first-order valence-corrected chi connectivity index (χ1v) is 8.36. The van der Waals surface area contributed by atoms with Crippen molar-refractivity contribution < 1.29 is 14.3 Å². The molecule has 0 saturated carbocycles. The van der Waals surface area contributed by atoms with Gasteiger partial charge < -0.3 is 10.1 Å². The first kappa shape index (κ1) is 18.5. The fourth-order valence-corrected chi connectivity index (χ4v) is 2.54. The molecule has 1 amide bonds. The molecular weight excluding hydrogens is 314 g/mol. The van der Waals surface area contributed by atoms with Crippen molar-refractivity contribution in [2.24, 2.45) is 0 Å². The van der Waals surface area contributed by atoms with E-state index in [1.165, 1.54) is 13.2 Å². The lowest BCUT2D eigenvalue weighted by molar-refractivity contribution is -0.117. The average Bonchev–Trinajstić information content (AvgIpc) is 2.66. The number of ether oxygens (including phenoxy) is 1. The molecule has 25 heavy (non-hydrogen) atoms. The lowest BCUT2D eigenvalue weighted by atomic mass is 10.0. The van der Waals surface area contributed by atoms with Crippen LogP contribution in [0.25, 0.3) is 6.08 Å². The summed E-state index contributed by atoms with van der Waals surface area (Å²) in [4.78, 5) is 23.6. The highest BCUT2D eigenvalue weighted by molar-refractivity contribution is 5.92. The molecule has 0 bridgehead atoms. The molecule has 0 unspecified atom stereocenters. The van der Waals surface area contributed by atoms with E-state index in [0.29, 0.717) is 5.56 Å². The summed E-state index contributed by atoms with van der Waals surface area (Å²) >= 11 is 0. The SMILES string of the molecule is CCC[C@@H](NC(=O)/C=C/c1ccc(C(=O)OC)cc1)c1ccccc1. The topological polar surface area (TPSA) is 55.4 Å². The van der Waals surface area contributed by atoms with Crippen molar-refractivity contribution in [3.05, 3.63) is 77.4 Å². The summed E-state index contributed by atoms with van der Waals surface area (Å²) in [7, 11) is 1.35. The number of rotatable bonds is 7. The van der Waals surface area contributed by atoms with Crippen molar-refractivity contribution in [3.63, 3.8) is 0 Å². The van der Waals surface area contributed by atoms with E-state index in [0.717, 1.165) is 24.0 Å². The van der Waals surface area contributed by atoms with Gasteiger partial charge >= 0.3 is 5.97 Å². The Kier molecular flexibility index (Phi) is 6.96. The highest BCUT2D eigenvalue weighted by Gasteiger charge is 2.11. The summed E-state index contributed by atoms with van der Waals surface area (Å²) in [5.41, 5.74) is 2.43. The van der Waals surface area contributed by atoms with Gasteiger partial charge in [-0.25, -0.2) is 4.79 Å².